The molecular weight excluding hydrogens is 172 g/mol. The highest BCUT2D eigenvalue weighted by Crippen LogP contribution is 2.05. The number of hydrogen-bond donors (Lipinski definition) is 0. The van der Waals surface area contributed by atoms with E-state index in [4.69, 9.17) is 0 Å². The van der Waals surface area contributed by atoms with Crippen LogP contribution in [0.1, 0.15) is 35.7 Å². The summed E-state index contributed by atoms with van der Waals surface area (Å²) in [7, 11) is 0. The van der Waals surface area contributed by atoms with Gasteiger partial charge in [0.2, 0.25) is 0 Å². The first kappa shape index (κ1) is 10.7. The Morgan fingerprint density at radius 3 is 2.43 bits per heavy atom. The Kier molecular flexibility index (Phi) is 4.70. The van der Waals surface area contributed by atoms with Crippen LogP contribution in [-0.2, 0) is 6.42 Å². The van der Waals surface area contributed by atoms with Gasteiger partial charge in [-0.2, -0.15) is 0 Å². The highest BCUT2D eigenvalue weighted by Gasteiger charge is 1.91. The Hall–Kier alpha value is -1.37. The molecule has 74 valence electrons. The number of rotatable bonds is 5. The molecule has 1 aromatic carbocycles. The van der Waals surface area contributed by atoms with Crippen molar-refractivity contribution in [3.63, 3.8) is 0 Å². The lowest BCUT2D eigenvalue weighted by Crippen LogP contribution is -1.85. The standard InChI is InChI=1S/C13H16O/c1-2-3-4-5-6-12-7-9-13(11-14)10-8-12/h3-4,7-11H,2,5-6H2,1H3. The molecule has 14 heavy (non-hydrogen) atoms. The van der Waals surface area contributed by atoms with E-state index in [1.165, 1.54) is 5.56 Å². The van der Waals surface area contributed by atoms with Gasteiger partial charge in [-0.1, -0.05) is 43.3 Å². The van der Waals surface area contributed by atoms with E-state index in [0.29, 0.717) is 0 Å². The molecule has 0 aliphatic heterocycles. The van der Waals surface area contributed by atoms with Crippen molar-refractivity contribution < 1.29 is 4.79 Å². The molecule has 0 N–H and O–H groups in total. The molecule has 0 fully saturated rings. The highest BCUT2D eigenvalue weighted by atomic mass is 16.1. The number of benzene rings is 1. The van der Waals surface area contributed by atoms with Crippen LogP contribution in [0.2, 0.25) is 0 Å². The van der Waals surface area contributed by atoms with Gasteiger partial charge in [0.05, 0.1) is 0 Å². The maximum Gasteiger partial charge on any atom is 0.150 e. The lowest BCUT2D eigenvalue weighted by atomic mass is 10.1. The van der Waals surface area contributed by atoms with Crippen molar-refractivity contribution in [1.29, 1.82) is 0 Å². The van der Waals surface area contributed by atoms with Crippen molar-refractivity contribution in [3.8, 4) is 0 Å². The zero-order chi connectivity index (χ0) is 10.2. The summed E-state index contributed by atoms with van der Waals surface area (Å²) in [5.41, 5.74) is 2.04. The fourth-order valence-corrected chi connectivity index (χ4v) is 1.30. The first-order valence-electron chi connectivity index (χ1n) is 5.06. The Labute approximate surface area is 85.5 Å². The molecule has 0 spiro atoms. The summed E-state index contributed by atoms with van der Waals surface area (Å²) >= 11 is 0. The number of carbonyl (C=O) groups is 1. The minimum Gasteiger partial charge on any atom is -0.298 e. The predicted molar refractivity (Wildman–Crippen MR) is 59.6 cm³/mol. The van der Waals surface area contributed by atoms with E-state index in [2.05, 4.69) is 19.1 Å². The van der Waals surface area contributed by atoms with Crippen molar-refractivity contribution >= 4 is 6.29 Å². The molecule has 0 saturated heterocycles. The van der Waals surface area contributed by atoms with Crippen molar-refractivity contribution in [1.82, 2.24) is 0 Å². The number of allylic oxidation sites excluding steroid dienone is 2. The van der Waals surface area contributed by atoms with Crippen molar-refractivity contribution in [2.75, 3.05) is 0 Å². The van der Waals surface area contributed by atoms with Crippen LogP contribution in [0.3, 0.4) is 0 Å². The smallest absolute Gasteiger partial charge is 0.150 e. The molecule has 1 rings (SSSR count). The summed E-state index contributed by atoms with van der Waals surface area (Å²) < 4.78 is 0. The summed E-state index contributed by atoms with van der Waals surface area (Å²) in [6, 6.07) is 7.77. The van der Waals surface area contributed by atoms with Gasteiger partial charge < -0.3 is 0 Å². The Morgan fingerprint density at radius 2 is 1.86 bits per heavy atom. The molecule has 0 heterocycles. The van der Waals surface area contributed by atoms with Gasteiger partial charge in [0.15, 0.2) is 0 Å². The second kappa shape index (κ2) is 6.14. The molecule has 0 unspecified atom stereocenters. The molecule has 0 atom stereocenters. The van der Waals surface area contributed by atoms with E-state index < -0.39 is 0 Å². The van der Waals surface area contributed by atoms with E-state index in [-0.39, 0.29) is 0 Å². The summed E-state index contributed by atoms with van der Waals surface area (Å²) in [4.78, 5) is 10.4. The molecule has 1 aromatic rings. The van der Waals surface area contributed by atoms with Crippen LogP contribution in [0.5, 0.6) is 0 Å². The predicted octanol–water partition coefficient (Wildman–Crippen LogP) is 3.40. The lowest BCUT2D eigenvalue weighted by molar-refractivity contribution is 0.112. The van der Waals surface area contributed by atoms with Crippen molar-refractivity contribution in [3.05, 3.63) is 47.5 Å². The first-order chi connectivity index (χ1) is 6.86. The monoisotopic (exact) mass is 188 g/mol. The van der Waals surface area contributed by atoms with Crippen molar-refractivity contribution in [2.45, 2.75) is 26.2 Å². The Bertz CT molecular complexity index is 296. The van der Waals surface area contributed by atoms with Gasteiger partial charge in [0, 0.05) is 5.56 Å². The SMILES string of the molecule is CCC=CCCc1ccc(C=O)cc1. The minimum absolute atomic E-state index is 0.748. The molecule has 1 heteroatoms. The fraction of sp³-hybridized carbons (Fsp3) is 0.308. The number of hydrogen-bond acceptors (Lipinski definition) is 1. The van der Waals surface area contributed by atoms with Crippen LogP contribution in [0.25, 0.3) is 0 Å². The highest BCUT2D eigenvalue weighted by molar-refractivity contribution is 5.74. The largest absolute Gasteiger partial charge is 0.298 e. The third-order valence-electron chi connectivity index (χ3n) is 2.12. The van der Waals surface area contributed by atoms with Gasteiger partial charge in [-0.05, 0) is 24.8 Å². The Balaban J connectivity index is 2.43. The third kappa shape index (κ3) is 3.56. The normalized spacial score (nSPS) is 10.6. The first-order valence-corrected chi connectivity index (χ1v) is 5.06. The third-order valence-corrected chi connectivity index (χ3v) is 2.12. The maximum atomic E-state index is 10.4. The fourth-order valence-electron chi connectivity index (χ4n) is 1.30. The van der Waals surface area contributed by atoms with Crippen LogP contribution < -0.4 is 0 Å². The minimum atomic E-state index is 0.748. The topological polar surface area (TPSA) is 17.1 Å². The van der Waals surface area contributed by atoms with E-state index in [0.717, 1.165) is 31.1 Å². The van der Waals surface area contributed by atoms with Gasteiger partial charge in [-0.25, -0.2) is 0 Å². The van der Waals surface area contributed by atoms with E-state index in [1.54, 1.807) is 0 Å². The summed E-state index contributed by atoms with van der Waals surface area (Å²) in [5.74, 6) is 0. The van der Waals surface area contributed by atoms with Gasteiger partial charge in [-0.15, -0.1) is 0 Å². The zero-order valence-corrected chi connectivity index (χ0v) is 8.57. The maximum absolute atomic E-state index is 10.4. The van der Waals surface area contributed by atoms with Crippen molar-refractivity contribution in [2.24, 2.45) is 0 Å². The van der Waals surface area contributed by atoms with Gasteiger partial charge >= 0.3 is 0 Å². The average molecular weight is 188 g/mol. The molecule has 0 radical (unpaired) electrons. The molecule has 0 bridgehead atoms. The zero-order valence-electron chi connectivity index (χ0n) is 8.57. The molecule has 0 aliphatic rings. The molecule has 0 amide bonds. The van der Waals surface area contributed by atoms with E-state index >= 15 is 0 Å². The van der Waals surface area contributed by atoms with Gasteiger partial charge in [-0.3, -0.25) is 4.79 Å². The molecule has 0 saturated carbocycles. The van der Waals surface area contributed by atoms with Crippen LogP contribution in [-0.4, -0.2) is 6.29 Å². The quantitative estimate of drug-likeness (QED) is 0.511. The summed E-state index contributed by atoms with van der Waals surface area (Å²) in [6.45, 7) is 2.13. The Morgan fingerprint density at radius 1 is 1.14 bits per heavy atom. The molecule has 0 aliphatic carbocycles. The molecular formula is C13H16O. The average Bonchev–Trinajstić information content (AvgIpc) is 2.25. The number of aryl methyl sites for hydroxylation is 1. The second-order valence-corrected chi connectivity index (χ2v) is 3.28. The van der Waals surface area contributed by atoms with Crippen LogP contribution >= 0.6 is 0 Å². The summed E-state index contributed by atoms with van der Waals surface area (Å²) in [6.07, 6.45) is 8.49. The van der Waals surface area contributed by atoms with Gasteiger partial charge in [0.1, 0.15) is 6.29 Å². The van der Waals surface area contributed by atoms with Crippen LogP contribution in [0, 0.1) is 0 Å². The van der Waals surface area contributed by atoms with Gasteiger partial charge in [0.25, 0.3) is 0 Å². The number of carbonyl (C=O) groups excluding carboxylic acids is 1. The number of aldehydes is 1. The molecule has 0 aromatic heterocycles. The molecule has 1 nitrogen and oxygen atoms in total. The lowest BCUT2D eigenvalue weighted by Gasteiger charge is -1.97. The van der Waals surface area contributed by atoms with E-state index in [1.807, 2.05) is 24.3 Å². The second-order valence-electron chi connectivity index (χ2n) is 3.28. The summed E-state index contributed by atoms with van der Waals surface area (Å²) in [5, 5.41) is 0. The van der Waals surface area contributed by atoms with Crippen LogP contribution in [0.4, 0.5) is 0 Å². The van der Waals surface area contributed by atoms with E-state index in [9.17, 15) is 4.79 Å². The van der Waals surface area contributed by atoms with Crippen LogP contribution in [0.15, 0.2) is 36.4 Å².